The van der Waals surface area contributed by atoms with Crippen molar-refractivity contribution in [3.8, 4) is 0 Å². The molecule has 0 amide bonds. The van der Waals surface area contributed by atoms with E-state index in [0.29, 0.717) is 0 Å². The normalized spacial score (nSPS) is 17.3. The average molecular weight is 353 g/mol. The summed E-state index contributed by atoms with van der Waals surface area (Å²) in [5.41, 5.74) is 4.71. The smallest absolute Gasteiger partial charge is 0.0642 e. The Hall–Kier alpha value is -2.48. The molecule has 142 valence electrons. The van der Waals surface area contributed by atoms with Crippen LogP contribution in [0, 0.1) is 0 Å². The topological polar surface area (TPSA) is 24.7 Å². The molecule has 0 aliphatic heterocycles. The summed E-state index contributed by atoms with van der Waals surface area (Å²) in [6.07, 6.45) is 22.6. The zero-order chi connectivity index (χ0) is 20.2. The maximum atomic E-state index is 4.22. The first kappa shape index (κ1) is 25.8. The van der Waals surface area contributed by atoms with Gasteiger partial charge in [0.15, 0.2) is 0 Å². The number of rotatable bonds is 5. The SMILES string of the molecule is C=C/C(C)=C/C=N/C=C/C=C/C.CC.CC/C=C1/C=CC(C)=CC1=NC. The highest BCUT2D eigenvalue weighted by molar-refractivity contribution is 6.11. The van der Waals surface area contributed by atoms with Crippen molar-refractivity contribution in [1.29, 1.82) is 0 Å². The van der Waals surface area contributed by atoms with E-state index in [4.69, 9.17) is 0 Å². The van der Waals surface area contributed by atoms with Gasteiger partial charge >= 0.3 is 0 Å². The molecule has 0 saturated carbocycles. The first-order valence-electron chi connectivity index (χ1n) is 9.23. The highest BCUT2D eigenvalue weighted by Gasteiger charge is 2.03. The van der Waals surface area contributed by atoms with Crippen LogP contribution < -0.4 is 0 Å². The molecule has 0 bridgehead atoms. The molecule has 0 N–H and O–H groups in total. The Morgan fingerprint density at radius 1 is 1.19 bits per heavy atom. The van der Waals surface area contributed by atoms with Crippen molar-refractivity contribution >= 4 is 11.9 Å². The molecular formula is C24H36N2. The van der Waals surface area contributed by atoms with E-state index in [9.17, 15) is 0 Å². The molecule has 0 unspecified atom stereocenters. The van der Waals surface area contributed by atoms with Gasteiger partial charge in [-0.25, -0.2) is 0 Å². The summed E-state index contributed by atoms with van der Waals surface area (Å²) in [5.74, 6) is 0. The second-order valence-electron chi connectivity index (χ2n) is 5.18. The van der Waals surface area contributed by atoms with Crippen molar-refractivity contribution in [2.45, 2.75) is 48.0 Å². The van der Waals surface area contributed by atoms with Crippen LogP contribution in [0.1, 0.15) is 48.0 Å². The third kappa shape index (κ3) is 13.9. The Morgan fingerprint density at radius 3 is 2.42 bits per heavy atom. The van der Waals surface area contributed by atoms with Gasteiger partial charge in [-0.2, -0.15) is 0 Å². The molecule has 0 aromatic rings. The van der Waals surface area contributed by atoms with E-state index in [2.05, 4.69) is 54.7 Å². The van der Waals surface area contributed by atoms with E-state index in [0.717, 1.165) is 17.7 Å². The summed E-state index contributed by atoms with van der Waals surface area (Å²) in [6.45, 7) is 15.8. The number of hydrogen-bond acceptors (Lipinski definition) is 2. The second kappa shape index (κ2) is 18.9. The minimum atomic E-state index is 1.06. The van der Waals surface area contributed by atoms with Crippen LogP contribution in [-0.2, 0) is 0 Å². The van der Waals surface area contributed by atoms with E-state index < -0.39 is 0 Å². The number of hydrogen-bond donors (Lipinski definition) is 0. The van der Waals surface area contributed by atoms with Crippen LogP contribution in [0.25, 0.3) is 0 Å². The summed E-state index contributed by atoms with van der Waals surface area (Å²) in [5, 5.41) is 0. The molecule has 1 aliphatic carbocycles. The molecular weight excluding hydrogens is 316 g/mol. The highest BCUT2D eigenvalue weighted by Crippen LogP contribution is 2.13. The third-order valence-corrected chi connectivity index (χ3v) is 3.07. The molecule has 0 spiro atoms. The lowest BCUT2D eigenvalue weighted by Gasteiger charge is -2.07. The van der Waals surface area contributed by atoms with E-state index in [1.54, 1.807) is 18.5 Å². The van der Waals surface area contributed by atoms with Crippen LogP contribution in [0.2, 0.25) is 0 Å². The molecule has 0 aromatic heterocycles. The molecule has 0 fully saturated rings. The Labute approximate surface area is 161 Å². The zero-order valence-electron chi connectivity index (χ0n) is 17.7. The lowest BCUT2D eigenvalue weighted by atomic mass is 10.0. The van der Waals surface area contributed by atoms with Crippen molar-refractivity contribution < 1.29 is 0 Å². The highest BCUT2D eigenvalue weighted by atomic mass is 14.7. The maximum Gasteiger partial charge on any atom is 0.0642 e. The molecule has 0 saturated heterocycles. The van der Waals surface area contributed by atoms with E-state index in [1.165, 1.54) is 11.1 Å². The van der Waals surface area contributed by atoms with Crippen molar-refractivity contribution in [1.82, 2.24) is 0 Å². The van der Waals surface area contributed by atoms with Gasteiger partial charge in [-0.1, -0.05) is 69.4 Å². The average Bonchev–Trinajstić information content (AvgIpc) is 2.68. The Morgan fingerprint density at radius 2 is 1.88 bits per heavy atom. The van der Waals surface area contributed by atoms with Gasteiger partial charge in [0.05, 0.1) is 5.71 Å². The molecule has 26 heavy (non-hydrogen) atoms. The predicted octanol–water partition coefficient (Wildman–Crippen LogP) is 7.22. The molecule has 2 nitrogen and oxygen atoms in total. The van der Waals surface area contributed by atoms with Crippen LogP contribution in [0.5, 0.6) is 0 Å². The van der Waals surface area contributed by atoms with Crippen LogP contribution in [0.4, 0.5) is 0 Å². The molecule has 1 aliphatic rings. The molecule has 2 heteroatoms. The van der Waals surface area contributed by atoms with Crippen molar-refractivity contribution in [2.75, 3.05) is 7.05 Å². The van der Waals surface area contributed by atoms with Gasteiger partial charge in [0.25, 0.3) is 0 Å². The fourth-order valence-electron chi connectivity index (χ4n) is 1.73. The number of aliphatic imine (C=N–C) groups is 2. The van der Waals surface area contributed by atoms with Gasteiger partial charge in [-0.05, 0) is 56.6 Å². The quantitative estimate of drug-likeness (QED) is 0.369. The largest absolute Gasteiger partial charge is 0.288 e. The van der Waals surface area contributed by atoms with Gasteiger partial charge in [0, 0.05) is 19.5 Å². The summed E-state index contributed by atoms with van der Waals surface area (Å²) >= 11 is 0. The summed E-state index contributed by atoms with van der Waals surface area (Å²) in [7, 11) is 1.84. The third-order valence-electron chi connectivity index (χ3n) is 3.07. The molecule has 0 radical (unpaired) electrons. The standard InChI is InChI=1S/2C11H15N.C2H6/c1-4-5-10-7-6-9(2)8-11(10)12-3;1-4-6-7-9-12-10-8-11(3)5-2;1-2/h5-8H,4H2,1-3H3;4-10H,2H2,1,3H3;1-2H3/b10-5-,12-11?;6-4+,9-7+,11-8+,12-10+;. The first-order valence-corrected chi connectivity index (χ1v) is 9.23. The van der Waals surface area contributed by atoms with Gasteiger partial charge in [0.2, 0.25) is 0 Å². The lowest BCUT2D eigenvalue weighted by molar-refractivity contribution is 1.21. The predicted molar refractivity (Wildman–Crippen MR) is 122 cm³/mol. The van der Waals surface area contributed by atoms with Gasteiger partial charge in [-0.3, -0.25) is 9.98 Å². The minimum absolute atomic E-state index is 1.06. The fourth-order valence-corrected chi connectivity index (χ4v) is 1.73. The van der Waals surface area contributed by atoms with Crippen molar-refractivity contribution in [2.24, 2.45) is 9.98 Å². The molecule has 0 heterocycles. The van der Waals surface area contributed by atoms with Crippen molar-refractivity contribution in [3.05, 3.63) is 84.2 Å². The fraction of sp³-hybridized carbons (Fsp3) is 0.333. The Balaban J connectivity index is 0. The van der Waals surface area contributed by atoms with Crippen LogP contribution in [-0.4, -0.2) is 19.0 Å². The molecule has 1 rings (SSSR count). The summed E-state index contributed by atoms with van der Waals surface area (Å²) in [4.78, 5) is 8.23. The van der Waals surface area contributed by atoms with E-state index >= 15 is 0 Å². The van der Waals surface area contributed by atoms with Crippen LogP contribution in [0.15, 0.2) is 94.2 Å². The van der Waals surface area contributed by atoms with Gasteiger partial charge in [0.1, 0.15) is 0 Å². The van der Waals surface area contributed by atoms with Crippen LogP contribution >= 0.6 is 0 Å². The van der Waals surface area contributed by atoms with E-state index in [1.807, 2.05) is 59.0 Å². The Bertz CT molecular complexity index is 619. The first-order chi connectivity index (χ1) is 12.6. The minimum Gasteiger partial charge on any atom is -0.288 e. The van der Waals surface area contributed by atoms with Crippen LogP contribution in [0.3, 0.4) is 0 Å². The monoisotopic (exact) mass is 352 g/mol. The van der Waals surface area contributed by atoms with Crippen molar-refractivity contribution in [3.63, 3.8) is 0 Å². The van der Waals surface area contributed by atoms with Gasteiger partial charge in [-0.15, -0.1) is 0 Å². The zero-order valence-corrected chi connectivity index (χ0v) is 17.7. The molecule has 0 aromatic carbocycles. The summed E-state index contributed by atoms with van der Waals surface area (Å²) in [6, 6.07) is 0. The second-order valence-corrected chi connectivity index (χ2v) is 5.18. The maximum absolute atomic E-state index is 4.22. The number of nitrogens with zero attached hydrogens (tertiary/aromatic N) is 2. The van der Waals surface area contributed by atoms with E-state index in [-0.39, 0.29) is 0 Å². The number of allylic oxidation sites excluding steroid dienone is 12. The lowest BCUT2D eigenvalue weighted by Crippen LogP contribution is -2.01. The van der Waals surface area contributed by atoms with Gasteiger partial charge < -0.3 is 0 Å². The molecule has 0 atom stereocenters. The Kier molecular flexibility index (Phi) is 18.7. The summed E-state index contributed by atoms with van der Waals surface area (Å²) < 4.78 is 0.